The van der Waals surface area contributed by atoms with Gasteiger partial charge in [-0.2, -0.15) is 0 Å². The number of amides is 1. The molecule has 0 spiro atoms. The minimum Gasteiger partial charge on any atom is -0.316 e. The molecule has 1 unspecified atom stereocenters. The number of hydrogen-bond acceptors (Lipinski definition) is 3. The molecule has 4 heteroatoms. The number of nitrogens with zero attached hydrogens (tertiary/aromatic N) is 3. The SMILES string of the molecule is CCN(CC)C(C)c1cc(N(C)C=O)c2ncccc2c1. The van der Waals surface area contributed by atoms with Crippen molar-refractivity contribution in [2.45, 2.75) is 26.8 Å². The van der Waals surface area contributed by atoms with Gasteiger partial charge in [-0.05, 0) is 43.8 Å². The highest BCUT2D eigenvalue weighted by molar-refractivity contribution is 5.96. The molecule has 0 N–H and O–H groups in total. The van der Waals surface area contributed by atoms with Crippen molar-refractivity contribution in [1.29, 1.82) is 0 Å². The smallest absolute Gasteiger partial charge is 0.213 e. The summed E-state index contributed by atoms with van der Waals surface area (Å²) in [6.45, 7) is 8.54. The first-order chi connectivity index (χ1) is 10.1. The van der Waals surface area contributed by atoms with E-state index in [1.165, 1.54) is 5.56 Å². The van der Waals surface area contributed by atoms with E-state index in [-0.39, 0.29) is 0 Å². The van der Waals surface area contributed by atoms with E-state index in [0.717, 1.165) is 36.1 Å². The van der Waals surface area contributed by atoms with Gasteiger partial charge in [-0.15, -0.1) is 0 Å². The van der Waals surface area contributed by atoms with E-state index in [0.29, 0.717) is 6.04 Å². The van der Waals surface area contributed by atoms with E-state index in [4.69, 9.17) is 0 Å². The van der Waals surface area contributed by atoms with E-state index in [1.807, 2.05) is 12.1 Å². The number of carbonyl (C=O) groups is 1. The molecule has 1 amide bonds. The lowest BCUT2D eigenvalue weighted by Gasteiger charge is -2.28. The summed E-state index contributed by atoms with van der Waals surface area (Å²) in [5.41, 5.74) is 2.93. The standard InChI is InChI=1S/C17H23N3O/c1-5-20(6-2)13(3)15-10-14-8-7-9-18-17(14)16(11-15)19(4)12-21/h7-13H,5-6H2,1-4H3. The van der Waals surface area contributed by atoms with Crippen molar-refractivity contribution in [2.24, 2.45) is 0 Å². The van der Waals surface area contributed by atoms with Gasteiger partial charge >= 0.3 is 0 Å². The lowest BCUT2D eigenvalue weighted by Crippen LogP contribution is -2.26. The Balaban J connectivity index is 2.58. The fourth-order valence-corrected chi connectivity index (χ4v) is 2.74. The molecule has 1 atom stereocenters. The normalized spacial score (nSPS) is 12.6. The third kappa shape index (κ3) is 3.05. The van der Waals surface area contributed by atoms with Crippen molar-refractivity contribution >= 4 is 23.0 Å². The summed E-state index contributed by atoms with van der Waals surface area (Å²) < 4.78 is 0. The zero-order chi connectivity index (χ0) is 15.4. The third-order valence-electron chi connectivity index (χ3n) is 4.09. The lowest BCUT2D eigenvalue weighted by molar-refractivity contribution is -0.107. The van der Waals surface area contributed by atoms with Gasteiger partial charge in [0.15, 0.2) is 0 Å². The van der Waals surface area contributed by atoms with Crippen LogP contribution in [0, 0.1) is 0 Å². The first-order valence-corrected chi connectivity index (χ1v) is 7.43. The number of anilines is 1. The third-order valence-corrected chi connectivity index (χ3v) is 4.09. The highest BCUT2D eigenvalue weighted by Crippen LogP contribution is 2.30. The maximum absolute atomic E-state index is 11.2. The second-order valence-corrected chi connectivity index (χ2v) is 5.23. The molecule has 0 saturated heterocycles. The van der Waals surface area contributed by atoms with Crippen LogP contribution in [0.1, 0.15) is 32.4 Å². The maximum Gasteiger partial charge on any atom is 0.213 e. The highest BCUT2D eigenvalue weighted by Gasteiger charge is 2.16. The number of fused-ring (bicyclic) bond motifs is 1. The average molecular weight is 285 g/mol. The number of hydrogen-bond donors (Lipinski definition) is 0. The van der Waals surface area contributed by atoms with Crippen molar-refractivity contribution in [1.82, 2.24) is 9.88 Å². The second kappa shape index (κ2) is 6.68. The van der Waals surface area contributed by atoms with Crippen LogP contribution in [0.3, 0.4) is 0 Å². The fraction of sp³-hybridized carbons (Fsp3) is 0.412. The predicted molar refractivity (Wildman–Crippen MR) is 87.5 cm³/mol. The number of pyridine rings is 1. The van der Waals surface area contributed by atoms with E-state index in [9.17, 15) is 4.79 Å². The Bertz CT molecular complexity index is 622. The van der Waals surface area contributed by atoms with Gasteiger partial charge in [-0.3, -0.25) is 14.7 Å². The molecule has 112 valence electrons. The van der Waals surface area contributed by atoms with E-state index >= 15 is 0 Å². The summed E-state index contributed by atoms with van der Waals surface area (Å²) in [6, 6.07) is 8.53. The Kier molecular flexibility index (Phi) is 4.91. The Morgan fingerprint density at radius 3 is 2.62 bits per heavy atom. The molecule has 1 heterocycles. The molecule has 2 aromatic rings. The minimum atomic E-state index is 0.309. The van der Waals surface area contributed by atoms with Crippen molar-refractivity contribution < 1.29 is 4.79 Å². The molecule has 0 aliphatic carbocycles. The molecule has 4 nitrogen and oxygen atoms in total. The zero-order valence-corrected chi connectivity index (χ0v) is 13.2. The van der Waals surface area contributed by atoms with Crippen LogP contribution in [0.5, 0.6) is 0 Å². The van der Waals surface area contributed by atoms with Crippen LogP contribution in [0.15, 0.2) is 30.5 Å². The molecule has 21 heavy (non-hydrogen) atoms. The van der Waals surface area contributed by atoms with Gasteiger partial charge in [0.2, 0.25) is 6.41 Å². The molecule has 2 rings (SSSR count). The molecular weight excluding hydrogens is 262 g/mol. The zero-order valence-electron chi connectivity index (χ0n) is 13.2. The Morgan fingerprint density at radius 2 is 2.00 bits per heavy atom. The van der Waals surface area contributed by atoms with Gasteiger partial charge in [0.1, 0.15) is 0 Å². The first-order valence-electron chi connectivity index (χ1n) is 7.43. The van der Waals surface area contributed by atoms with Gasteiger partial charge in [0.05, 0.1) is 11.2 Å². The molecule has 0 fully saturated rings. The average Bonchev–Trinajstić information content (AvgIpc) is 2.54. The molecule has 0 saturated carbocycles. The summed E-state index contributed by atoms with van der Waals surface area (Å²) in [7, 11) is 1.77. The predicted octanol–water partition coefficient (Wildman–Crippen LogP) is 3.23. The summed E-state index contributed by atoms with van der Waals surface area (Å²) in [5, 5.41) is 1.07. The molecule has 0 aliphatic rings. The van der Waals surface area contributed by atoms with Crippen LogP contribution in [-0.2, 0) is 4.79 Å². The number of aromatic nitrogens is 1. The van der Waals surface area contributed by atoms with Gasteiger partial charge in [-0.1, -0.05) is 19.9 Å². The minimum absolute atomic E-state index is 0.309. The Morgan fingerprint density at radius 1 is 1.29 bits per heavy atom. The fourth-order valence-electron chi connectivity index (χ4n) is 2.74. The molecule has 0 bridgehead atoms. The summed E-state index contributed by atoms with van der Waals surface area (Å²) in [5.74, 6) is 0. The van der Waals surface area contributed by atoms with Gasteiger partial charge in [-0.25, -0.2) is 0 Å². The van der Waals surface area contributed by atoms with Gasteiger partial charge in [0, 0.05) is 24.7 Å². The van der Waals surface area contributed by atoms with Crippen LogP contribution in [0.4, 0.5) is 5.69 Å². The summed E-state index contributed by atoms with van der Waals surface area (Å²) >= 11 is 0. The molecule has 1 aromatic heterocycles. The van der Waals surface area contributed by atoms with Crippen molar-refractivity contribution in [3.05, 3.63) is 36.0 Å². The van der Waals surface area contributed by atoms with Crippen LogP contribution in [-0.4, -0.2) is 36.4 Å². The van der Waals surface area contributed by atoms with Crippen LogP contribution < -0.4 is 4.90 Å². The van der Waals surface area contributed by atoms with Crippen molar-refractivity contribution in [2.75, 3.05) is 25.0 Å². The van der Waals surface area contributed by atoms with Crippen LogP contribution >= 0.6 is 0 Å². The van der Waals surface area contributed by atoms with Gasteiger partial charge in [0.25, 0.3) is 0 Å². The summed E-state index contributed by atoms with van der Waals surface area (Å²) in [4.78, 5) is 19.6. The number of benzene rings is 1. The molecule has 1 aromatic carbocycles. The maximum atomic E-state index is 11.2. The van der Waals surface area contributed by atoms with Crippen molar-refractivity contribution in [3.8, 4) is 0 Å². The quantitative estimate of drug-likeness (QED) is 0.765. The van der Waals surface area contributed by atoms with Crippen LogP contribution in [0.25, 0.3) is 10.9 Å². The van der Waals surface area contributed by atoms with E-state index in [2.05, 4.69) is 42.8 Å². The number of rotatable bonds is 6. The second-order valence-electron chi connectivity index (χ2n) is 5.23. The molecule has 0 radical (unpaired) electrons. The van der Waals surface area contributed by atoms with E-state index < -0.39 is 0 Å². The molecule has 0 aliphatic heterocycles. The monoisotopic (exact) mass is 285 g/mol. The number of carbonyl (C=O) groups excluding carboxylic acids is 1. The van der Waals surface area contributed by atoms with Crippen LogP contribution in [0.2, 0.25) is 0 Å². The van der Waals surface area contributed by atoms with E-state index in [1.54, 1.807) is 18.1 Å². The Labute approximate surface area is 126 Å². The topological polar surface area (TPSA) is 36.4 Å². The first kappa shape index (κ1) is 15.4. The Hall–Kier alpha value is -1.94. The largest absolute Gasteiger partial charge is 0.316 e. The van der Waals surface area contributed by atoms with Crippen molar-refractivity contribution in [3.63, 3.8) is 0 Å². The highest BCUT2D eigenvalue weighted by atomic mass is 16.1. The lowest BCUT2D eigenvalue weighted by atomic mass is 10.0. The summed E-state index contributed by atoms with van der Waals surface area (Å²) in [6.07, 6.45) is 2.59. The van der Waals surface area contributed by atoms with Gasteiger partial charge < -0.3 is 4.90 Å². The molecular formula is C17H23N3O.